The summed E-state index contributed by atoms with van der Waals surface area (Å²) in [4.78, 5) is 0. The van der Waals surface area contributed by atoms with Crippen molar-refractivity contribution in [1.29, 1.82) is 0 Å². The fourth-order valence-corrected chi connectivity index (χ4v) is 7.67. The molecule has 1 aromatic carbocycles. The molecular formula is C18H25O2P. The first kappa shape index (κ1) is 14.0. The van der Waals surface area contributed by atoms with Crippen molar-refractivity contribution >= 4 is 12.7 Å². The van der Waals surface area contributed by atoms with E-state index in [1.54, 1.807) is 0 Å². The quantitative estimate of drug-likeness (QED) is 0.771. The van der Waals surface area contributed by atoms with E-state index >= 15 is 0 Å². The molecule has 0 radical (unpaired) electrons. The van der Waals surface area contributed by atoms with Gasteiger partial charge in [-0.3, -0.25) is 4.57 Å². The molecule has 0 amide bonds. The standard InChI is InChI=1S/C18H25O2P/c1-17(2)14-11-13-9-10-18(12-14,16(13)17)20-21(3,19)15-7-5-4-6-8-15/h4-8,13-14,16H,9-12H2,1-3H3/t13-,14-,16-,18-,21+/m0/s1. The zero-order valence-corrected chi connectivity index (χ0v) is 14.1. The van der Waals surface area contributed by atoms with E-state index in [0.29, 0.717) is 11.3 Å². The van der Waals surface area contributed by atoms with Crippen LogP contribution in [0.4, 0.5) is 0 Å². The van der Waals surface area contributed by atoms with E-state index in [4.69, 9.17) is 4.52 Å². The molecule has 0 aliphatic heterocycles. The van der Waals surface area contributed by atoms with Gasteiger partial charge in [0, 0.05) is 12.0 Å². The SMILES string of the molecule is CC1(C)[C@H]2C[C@@H]3CC[C@](O[P@@](C)(=O)c4ccccc4)(C2)[C@@H]31. The molecule has 0 unspecified atom stereocenters. The monoisotopic (exact) mass is 304 g/mol. The molecule has 2 nitrogen and oxygen atoms in total. The van der Waals surface area contributed by atoms with Gasteiger partial charge in [-0.25, -0.2) is 0 Å². The topological polar surface area (TPSA) is 26.3 Å². The third-order valence-electron chi connectivity index (χ3n) is 6.59. The maximum Gasteiger partial charge on any atom is 0.229 e. The highest BCUT2D eigenvalue weighted by atomic mass is 31.2. The molecular weight excluding hydrogens is 279 g/mol. The van der Waals surface area contributed by atoms with Crippen LogP contribution in [0.1, 0.15) is 39.5 Å². The van der Waals surface area contributed by atoms with Crippen LogP contribution >= 0.6 is 7.37 Å². The predicted molar refractivity (Wildman–Crippen MR) is 86.1 cm³/mol. The first-order valence-electron chi connectivity index (χ1n) is 8.19. The number of rotatable bonds is 3. The third kappa shape index (κ3) is 1.85. The van der Waals surface area contributed by atoms with Crippen molar-refractivity contribution in [2.75, 3.05) is 6.66 Å². The van der Waals surface area contributed by atoms with Crippen LogP contribution in [0.15, 0.2) is 30.3 Å². The summed E-state index contributed by atoms with van der Waals surface area (Å²) < 4.78 is 19.7. The van der Waals surface area contributed by atoms with E-state index in [0.717, 1.165) is 30.0 Å². The highest BCUT2D eigenvalue weighted by molar-refractivity contribution is 7.66. The van der Waals surface area contributed by atoms with Crippen LogP contribution in [0.25, 0.3) is 0 Å². The Morgan fingerprint density at radius 2 is 1.95 bits per heavy atom. The van der Waals surface area contributed by atoms with Crippen molar-refractivity contribution in [3.8, 4) is 0 Å². The van der Waals surface area contributed by atoms with Crippen LogP contribution in [0.5, 0.6) is 0 Å². The number of hydrogen-bond acceptors (Lipinski definition) is 2. The van der Waals surface area contributed by atoms with Crippen LogP contribution in [-0.4, -0.2) is 12.3 Å². The summed E-state index contributed by atoms with van der Waals surface area (Å²) in [6, 6.07) is 9.77. The lowest BCUT2D eigenvalue weighted by molar-refractivity contribution is 0.0196. The van der Waals surface area contributed by atoms with E-state index in [2.05, 4.69) is 13.8 Å². The number of hydrogen-bond donors (Lipinski definition) is 0. The molecule has 0 aromatic heterocycles. The van der Waals surface area contributed by atoms with Gasteiger partial charge in [0.05, 0.1) is 5.60 Å². The molecule has 21 heavy (non-hydrogen) atoms. The molecule has 3 fully saturated rings. The van der Waals surface area contributed by atoms with Gasteiger partial charge in [0.25, 0.3) is 0 Å². The van der Waals surface area contributed by atoms with E-state index in [1.165, 1.54) is 12.8 Å². The Hall–Kier alpha value is -0.590. The van der Waals surface area contributed by atoms with Crippen molar-refractivity contribution in [3.05, 3.63) is 30.3 Å². The van der Waals surface area contributed by atoms with Crippen molar-refractivity contribution in [2.45, 2.75) is 45.1 Å². The summed E-state index contributed by atoms with van der Waals surface area (Å²) in [6.07, 6.45) is 4.85. The zero-order chi connectivity index (χ0) is 14.9. The molecule has 114 valence electrons. The highest BCUT2D eigenvalue weighted by Crippen LogP contribution is 2.73. The lowest BCUT2D eigenvalue weighted by Gasteiger charge is -2.37. The second kappa shape index (κ2) is 4.24. The maximum absolute atomic E-state index is 13.2. The summed E-state index contributed by atoms with van der Waals surface area (Å²) in [5.41, 5.74) is 0.245. The fraction of sp³-hybridized carbons (Fsp3) is 0.667. The van der Waals surface area contributed by atoms with Gasteiger partial charge < -0.3 is 4.52 Å². The van der Waals surface area contributed by atoms with Crippen LogP contribution in [0.2, 0.25) is 0 Å². The zero-order valence-electron chi connectivity index (χ0n) is 13.2. The molecule has 5 atom stereocenters. The van der Waals surface area contributed by atoms with Crippen LogP contribution in [0.3, 0.4) is 0 Å². The molecule has 3 aliphatic rings. The van der Waals surface area contributed by atoms with Crippen LogP contribution in [0, 0.1) is 23.2 Å². The molecule has 0 saturated heterocycles. The van der Waals surface area contributed by atoms with Gasteiger partial charge in [0.15, 0.2) is 0 Å². The highest BCUT2D eigenvalue weighted by Gasteiger charge is 2.69. The second-order valence-electron chi connectivity index (χ2n) is 8.07. The molecule has 3 heteroatoms. The van der Waals surface area contributed by atoms with Crippen LogP contribution in [-0.2, 0) is 9.09 Å². The maximum atomic E-state index is 13.2. The Kier molecular flexibility index (Phi) is 2.83. The first-order valence-corrected chi connectivity index (χ1v) is 10.3. The molecule has 1 aromatic rings. The third-order valence-corrected chi connectivity index (χ3v) is 8.54. The molecule has 0 N–H and O–H groups in total. The lowest BCUT2D eigenvalue weighted by Crippen LogP contribution is -2.38. The predicted octanol–water partition coefficient (Wildman–Crippen LogP) is 4.45. The normalized spacial score (nSPS) is 42.1. The van der Waals surface area contributed by atoms with Crippen molar-refractivity contribution in [2.24, 2.45) is 23.2 Å². The summed E-state index contributed by atoms with van der Waals surface area (Å²) in [7, 11) is -2.74. The molecule has 0 spiro atoms. The van der Waals surface area contributed by atoms with E-state index in [9.17, 15) is 4.57 Å². The Balaban J connectivity index is 1.68. The van der Waals surface area contributed by atoms with Gasteiger partial charge >= 0.3 is 0 Å². The summed E-state index contributed by atoms with van der Waals surface area (Å²) in [6.45, 7) is 6.62. The van der Waals surface area contributed by atoms with Crippen LogP contribution < -0.4 is 5.30 Å². The minimum atomic E-state index is -2.74. The van der Waals surface area contributed by atoms with E-state index < -0.39 is 7.37 Å². The molecule has 2 bridgehead atoms. The fourth-order valence-electron chi connectivity index (χ4n) is 5.87. The number of fused-ring (bicyclic) bond motifs is 1. The lowest BCUT2D eigenvalue weighted by atomic mass is 9.78. The Morgan fingerprint density at radius 1 is 1.24 bits per heavy atom. The van der Waals surface area contributed by atoms with Gasteiger partial charge in [0.1, 0.15) is 0 Å². The summed E-state index contributed by atoms with van der Waals surface area (Å²) in [5.74, 6) is 2.16. The van der Waals surface area contributed by atoms with Gasteiger partial charge in [-0.15, -0.1) is 0 Å². The summed E-state index contributed by atoms with van der Waals surface area (Å²) in [5, 5.41) is 0.864. The average Bonchev–Trinajstić information content (AvgIpc) is 2.90. The van der Waals surface area contributed by atoms with Crippen molar-refractivity contribution < 1.29 is 9.09 Å². The smallest absolute Gasteiger partial charge is 0.229 e. The van der Waals surface area contributed by atoms with E-state index in [-0.39, 0.29) is 5.60 Å². The van der Waals surface area contributed by atoms with Gasteiger partial charge in [-0.05, 0) is 61.0 Å². The number of benzene rings is 1. The van der Waals surface area contributed by atoms with Crippen molar-refractivity contribution in [3.63, 3.8) is 0 Å². The first-order chi connectivity index (χ1) is 9.85. The minimum Gasteiger partial charge on any atom is -0.318 e. The van der Waals surface area contributed by atoms with E-state index in [1.807, 2.05) is 37.0 Å². The summed E-state index contributed by atoms with van der Waals surface area (Å²) >= 11 is 0. The average molecular weight is 304 g/mol. The molecule has 3 saturated carbocycles. The van der Waals surface area contributed by atoms with Gasteiger partial charge in [-0.2, -0.15) is 0 Å². The van der Waals surface area contributed by atoms with Crippen molar-refractivity contribution in [1.82, 2.24) is 0 Å². The van der Waals surface area contributed by atoms with Gasteiger partial charge in [-0.1, -0.05) is 32.0 Å². The largest absolute Gasteiger partial charge is 0.318 e. The van der Waals surface area contributed by atoms with Gasteiger partial charge in [0.2, 0.25) is 7.37 Å². The Labute approximate surface area is 127 Å². The minimum absolute atomic E-state index is 0.114. The molecule has 3 aliphatic carbocycles. The Morgan fingerprint density at radius 3 is 2.62 bits per heavy atom. The molecule has 4 rings (SSSR count). The Bertz CT molecular complexity index is 609. The molecule has 0 heterocycles. The second-order valence-corrected chi connectivity index (χ2v) is 10.5.